The topological polar surface area (TPSA) is 86.3 Å². The Morgan fingerprint density at radius 1 is 1.53 bits per heavy atom. The number of rotatable bonds is 6. The van der Waals surface area contributed by atoms with E-state index in [0.29, 0.717) is 25.4 Å². The SMILES string of the molecule is CCn1cc(NC(=O)COCCN)ccc1=O. The molecule has 0 saturated carbocycles. The number of hydrogen-bond acceptors (Lipinski definition) is 4. The second-order valence-corrected chi connectivity index (χ2v) is 3.43. The van der Waals surface area contributed by atoms with E-state index in [0.717, 1.165) is 0 Å². The molecule has 94 valence electrons. The van der Waals surface area contributed by atoms with Crippen LogP contribution in [0.25, 0.3) is 0 Å². The lowest BCUT2D eigenvalue weighted by atomic mass is 10.4. The number of nitrogens with one attached hydrogen (secondary N) is 1. The molecule has 0 spiro atoms. The molecule has 17 heavy (non-hydrogen) atoms. The van der Waals surface area contributed by atoms with E-state index in [1.54, 1.807) is 12.3 Å². The van der Waals surface area contributed by atoms with E-state index in [1.165, 1.54) is 10.6 Å². The molecule has 0 unspecified atom stereocenters. The Morgan fingerprint density at radius 2 is 2.29 bits per heavy atom. The monoisotopic (exact) mass is 239 g/mol. The maximum atomic E-state index is 11.4. The van der Waals surface area contributed by atoms with E-state index < -0.39 is 0 Å². The largest absolute Gasteiger partial charge is 0.370 e. The molecule has 0 aliphatic rings. The summed E-state index contributed by atoms with van der Waals surface area (Å²) >= 11 is 0. The lowest BCUT2D eigenvalue weighted by Gasteiger charge is -2.08. The third-order valence-corrected chi connectivity index (χ3v) is 2.10. The van der Waals surface area contributed by atoms with Crippen LogP contribution >= 0.6 is 0 Å². The van der Waals surface area contributed by atoms with Gasteiger partial charge in [0, 0.05) is 25.4 Å². The smallest absolute Gasteiger partial charge is 0.250 e. The number of ether oxygens (including phenoxy) is 1. The van der Waals surface area contributed by atoms with E-state index in [2.05, 4.69) is 5.32 Å². The number of amides is 1. The number of anilines is 1. The van der Waals surface area contributed by atoms with Crippen molar-refractivity contribution in [2.75, 3.05) is 25.1 Å². The fourth-order valence-electron chi connectivity index (χ4n) is 1.30. The van der Waals surface area contributed by atoms with Gasteiger partial charge in [-0.2, -0.15) is 0 Å². The number of aromatic nitrogens is 1. The third-order valence-electron chi connectivity index (χ3n) is 2.10. The number of carbonyl (C=O) groups excluding carboxylic acids is 1. The molecule has 0 atom stereocenters. The molecule has 0 aliphatic heterocycles. The quantitative estimate of drug-likeness (QED) is 0.672. The molecule has 1 amide bonds. The van der Waals surface area contributed by atoms with Gasteiger partial charge in [-0.05, 0) is 13.0 Å². The van der Waals surface area contributed by atoms with Crippen molar-refractivity contribution in [2.45, 2.75) is 13.5 Å². The molecule has 0 aliphatic carbocycles. The number of pyridine rings is 1. The van der Waals surface area contributed by atoms with Crippen LogP contribution < -0.4 is 16.6 Å². The highest BCUT2D eigenvalue weighted by Crippen LogP contribution is 2.02. The molecule has 1 aromatic rings. The number of hydrogen-bond donors (Lipinski definition) is 2. The van der Waals surface area contributed by atoms with E-state index in [4.69, 9.17) is 10.5 Å². The van der Waals surface area contributed by atoms with Crippen LogP contribution in [0.3, 0.4) is 0 Å². The minimum Gasteiger partial charge on any atom is -0.370 e. The zero-order valence-electron chi connectivity index (χ0n) is 9.81. The lowest BCUT2D eigenvalue weighted by molar-refractivity contribution is -0.120. The molecule has 1 heterocycles. The Kier molecular flexibility index (Phi) is 5.38. The highest BCUT2D eigenvalue weighted by molar-refractivity contribution is 5.91. The van der Waals surface area contributed by atoms with Gasteiger partial charge in [-0.3, -0.25) is 9.59 Å². The predicted molar refractivity (Wildman–Crippen MR) is 64.9 cm³/mol. The second-order valence-electron chi connectivity index (χ2n) is 3.43. The second kappa shape index (κ2) is 6.82. The van der Waals surface area contributed by atoms with Crippen LogP contribution in [0.5, 0.6) is 0 Å². The van der Waals surface area contributed by atoms with Crippen molar-refractivity contribution in [3.05, 3.63) is 28.7 Å². The molecule has 0 bridgehead atoms. The van der Waals surface area contributed by atoms with Crippen LogP contribution in [-0.2, 0) is 16.1 Å². The van der Waals surface area contributed by atoms with E-state index in [-0.39, 0.29) is 18.1 Å². The molecule has 0 radical (unpaired) electrons. The van der Waals surface area contributed by atoms with Crippen molar-refractivity contribution in [2.24, 2.45) is 5.73 Å². The van der Waals surface area contributed by atoms with Crippen molar-refractivity contribution >= 4 is 11.6 Å². The zero-order valence-corrected chi connectivity index (χ0v) is 9.81. The van der Waals surface area contributed by atoms with Gasteiger partial charge in [-0.15, -0.1) is 0 Å². The summed E-state index contributed by atoms with van der Waals surface area (Å²) in [7, 11) is 0. The van der Waals surface area contributed by atoms with Crippen molar-refractivity contribution in [3.8, 4) is 0 Å². The molecule has 0 fully saturated rings. The highest BCUT2D eigenvalue weighted by Gasteiger charge is 2.03. The van der Waals surface area contributed by atoms with Crippen LogP contribution in [0.4, 0.5) is 5.69 Å². The Bertz CT molecular complexity index is 428. The first-order valence-corrected chi connectivity index (χ1v) is 5.45. The summed E-state index contributed by atoms with van der Waals surface area (Å²) in [5.74, 6) is -0.264. The minimum absolute atomic E-state index is 0.0392. The lowest BCUT2D eigenvalue weighted by Crippen LogP contribution is -2.23. The molecule has 0 saturated heterocycles. The Balaban J connectivity index is 2.56. The number of carbonyl (C=O) groups is 1. The zero-order chi connectivity index (χ0) is 12.7. The number of nitrogens with zero attached hydrogens (tertiary/aromatic N) is 1. The number of nitrogens with two attached hydrogens (primary N) is 1. The van der Waals surface area contributed by atoms with E-state index in [1.807, 2.05) is 6.92 Å². The van der Waals surface area contributed by atoms with Gasteiger partial charge in [-0.1, -0.05) is 0 Å². The van der Waals surface area contributed by atoms with E-state index >= 15 is 0 Å². The predicted octanol–water partition coefficient (Wildman–Crippen LogP) is -0.218. The summed E-state index contributed by atoms with van der Waals surface area (Å²) in [6.45, 7) is 3.11. The van der Waals surface area contributed by atoms with Crippen molar-refractivity contribution in [3.63, 3.8) is 0 Å². The summed E-state index contributed by atoms with van der Waals surface area (Å²) in [6, 6.07) is 2.98. The van der Waals surface area contributed by atoms with Gasteiger partial charge in [0.15, 0.2) is 0 Å². The summed E-state index contributed by atoms with van der Waals surface area (Å²) in [6.07, 6.45) is 1.60. The molecule has 6 heteroatoms. The van der Waals surface area contributed by atoms with Crippen LogP contribution in [0.2, 0.25) is 0 Å². The normalized spacial score (nSPS) is 10.2. The average molecular weight is 239 g/mol. The van der Waals surface area contributed by atoms with Gasteiger partial charge in [0.25, 0.3) is 5.56 Å². The molecule has 0 aromatic carbocycles. The Morgan fingerprint density at radius 3 is 2.94 bits per heavy atom. The van der Waals surface area contributed by atoms with Crippen LogP contribution in [0, 0.1) is 0 Å². The molecular formula is C11H17N3O3. The van der Waals surface area contributed by atoms with Crippen molar-refractivity contribution in [1.29, 1.82) is 0 Å². The molecule has 3 N–H and O–H groups in total. The first kappa shape index (κ1) is 13.4. The Labute approximate surface area is 99.4 Å². The summed E-state index contributed by atoms with van der Waals surface area (Å²) in [5.41, 5.74) is 5.71. The molecular weight excluding hydrogens is 222 g/mol. The minimum atomic E-state index is -0.264. The summed E-state index contributed by atoms with van der Waals surface area (Å²) in [5, 5.41) is 2.64. The fourth-order valence-corrected chi connectivity index (χ4v) is 1.30. The van der Waals surface area contributed by atoms with Gasteiger partial charge >= 0.3 is 0 Å². The molecule has 6 nitrogen and oxygen atoms in total. The van der Waals surface area contributed by atoms with Gasteiger partial charge in [0.05, 0.1) is 12.3 Å². The van der Waals surface area contributed by atoms with Crippen LogP contribution in [0.15, 0.2) is 23.1 Å². The fraction of sp³-hybridized carbons (Fsp3) is 0.455. The van der Waals surface area contributed by atoms with Gasteiger partial charge in [-0.25, -0.2) is 0 Å². The van der Waals surface area contributed by atoms with Crippen molar-refractivity contribution < 1.29 is 9.53 Å². The standard InChI is InChI=1S/C11H17N3O3/c1-2-14-7-9(3-4-11(14)16)13-10(15)8-17-6-5-12/h3-4,7H,2,5-6,8,12H2,1H3,(H,13,15). The van der Waals surface area contributed by atoms with Gasteiger partial charge in [0.1, 0.15) is 6.61 Å². The van der Waals surface area contributed by atoms with Crippen molar-refractivity contribution in [1.82, 2.24) is 4.57 Å². The third kappa shape index (κ3) is 4.38. The van der Waals surface area contributed by atoms with Crippen LogP contribution in [-0.4, -0.2) is 30.2 Å². The van der Waals surface area contributed by atoms with Gasteiger partial charge in [0.2, 0.25) is 5.91 Å². The van der Waals surface area contributed by atoms with E-state index in [9.17, 15) is 9.59 Å². The maximum absolute atomic E-state index is 11.4. The maximum Gasteiger partial charge on any atom is 0.250 e. The molecule has 1 aromatic heterocycles. The first-order valence-electron chi connectivity index (χ1n) is 5.45. The molecule has 1 rings (SSSR count). The Hall–Kier alpha value is -1.66. The highest BCUT2D eigenvalue weighted by atomic mass is 16.5. The summed E-state index contributed by atoms with van der Waals surface area (Å²) in [4.78, 5) is 22.7. The van der Waals surface area contributed by atoms with Gasteiger partial charge < -0.3 is 20.4 Å². The summed E-state index contributed by atoms with van der Waals surface area (Å²) < 4.78 is 6.50. The average Bonchev–Trinajstić information content (AvgIpc) is 2.32. The first-order chi connectivity index (χ1) is 8.17. The number of aryl methyl sites for hydroxylation is 1. The van der Waals surface area contributed by atoms with Crippen LogP contribution in [0.1, 0.15) is 6.92 Å².